The van der Waals surface area contributed by atoms with E-state index >= 15 is 0 Å². The fraction of sp³-hybridized carbons (Fsp3) is 0.200. The lowest BCUT2D eigenvalue weighted by Crippen LogP contribution is -2.39. The summed E-state index contributed by atoms with van der Waals surface area (Å²) in [6, 6.07) is 8.50. The number of hydrogen-bond acceptors (Lipinski definition) is 4. The molecule has 0 bridgehead atoms. The molecule has 2 amide bonds. The summed E-state index contributed by atoms with van der Waals surface area (Å²) in [5.74, 6) is 0.160. The summed E-state index contributed by atoms with van der Waals surface area (Å²) in [6.45, 7) is 0. The molecule has 1 aliphatic rings. The number of fused-ring (bicyclic) bond motifs is 1. The molecule has 3 rings (SSSR count). The minimum atomic E-state index is -0.425. The highest BCUT2D eigenvalue weighted by atomic mass is 16.3. The smallest absolute Gasteiger partial charge is 0.260 e. The van der Waals surface area contributed by atoms with Crippen molar-refractivity contribution in [3.05, 3.63) is 59.0 Å². The maximum Gasteiger partial charge on any atom is 0.260 e. The highest BCUT2D eigenvalue weighted by Crippen LogP contribution is 2.25. The van der Waals surface area contributed by atoms with Gasteiger partial charge in [-0.3, -0.25) is 14.5 Å². The molecule has 5 heteroatoms. The second-order valence-corrected chi connectivity index (χ2v) is 4.84. The molecule has 0 saturated heterocycles. The number of amides is 2. The number of carbonyl (C=O) groups is 2. The number of benzene rings is 1. The lowest BCUT2D eigenvalue weighted by molar-refractivity contribution is -0.127. The van der Waals surface area contributed by atoms with E-state index in [1.165, 1.54) is 7.05 Å². The predicted molar refractivity (Wildman–Crippen MR) is 72.0 cm³/mol. The van der Waals surface area contributed by atoms with Crippen molar-refractivity contribution in [3.8, 4) is 0 Å². The monoisotopic (exact) mass is 270 g/mol. The fourth-order valence-electron chi connectivity index (χ4n) is 2.35. The number of likely N-dealkylation sites (N-methyl/N-ethyl adjacent to an activating group) is 1. The molecule has 20 heavy (non-hydrogen) atoms. The third-order valence-corrected chi connectivity index (χ3v) is 3.59. The number of rotatable bonds is 2. The van der Waals surface area contributed by atoms with Crippen LogP contribution in [0.25, 0.3) is 0 Å². The quantitative estimate of drug-likeness (QED) is 0.839. The van der Waals surface area contributed by atoms with Crippen LogP contribution in [0.4, 0.5) is 0 Å². The number of carbonyl (C=O) groups excluding carboxylic acids is 2. The van der Waals surface area contributed by atoms with Crippen molar-refractivity contribution in [2.75, 3.05) is 7.05 Å². The third-order valence-electron chi connectivity index (χ3n) is 3.59. The normalized spacial score (nSPS) is 16.2. The van der Waals surface area contributed by atoms with Gasteiger partial charge >= 0.3 is 0 Å². The average Bonchev–Trinajstić information content (AvgIpc) is 2.98. The first-order valence-corrected chi connectivity index (χ1v) is 6.30. The minimum Gasteiger partial charge on any atom is -0.467 e. The van der Waals surface area contributed by atoms with Crippen LogP contribution in [0.5, 0.6) is 0 Å². The summed E-state index contributed by atoms with van der Waals surface area (Å²) in [4.78, 5) is 24.9. The van der Waals surface area contributed by atoms with E-state index < -0.39 is 6.04 Å². The number of nitrogens with zero attached hydrogens (tertiary/aromatic N) is 1. The van der Waals surface area contributed by atoms with Crippen molar-refractivity contribution in [2.24, 2.45) is 5.73 Å². The molecule has 1 atom stereocenters. The van der Waals surface area contributed by atoms with E-state index in [-0.39, 0.29) is 18.2 Å². The molecule has 1 aliphatic heterocycles. The van der Waals surface area contributed by atoms with Crippen LogP contribution in [0.3, 0.4) is 0 Å². The Morgan fingerprint density at radius 1 is 1.30 bits per heavy atom. The molecule has 2 N–H and O–H groups in total. The zero-order valence-electron chi connectivity index (χ0n) is 11.0. The lowest BCUT2D eigenvalue weighted by atomic mass is 9.94. The van der Waals surface area contributed by atoms with Gasteiger partial charge in [0.05, 0.1) is 18.7 Å². The van der Waals surface area contributed by atoms with E-state index in [1.54, 1.807) is 30.5 Å². The van der Waals surface area contributed by atoms with Gasteiger partial charge in [-0.2, -0.15) is 0 Å². The van der Waals surface area contributed by atoms with Gasteiger partial charge in [0, 0.05) is 12.6 Å². The molecule has 2 aromatic rings. The molecule has 0 fully saturated rings. The molecule has 0 radical (unpaired) electrons. The van der Waals surface area contributed by atoms with Crippen molar-refractivity contribution >= 4 is 11.8 Å². The molecule has 1 aromatic heterocycles. The first-order valence-electron chi connectivity index (χ1n) is 6.30. The van der Waals surface area contributed by atoms with E-state index in [0.29, 0.717) is 11.3 Å². The number of nitrogens with two attached hydrogens (primary N) is 1. The van der Waals surface area contributed by atoms with E-state index in [9.17, 15) is 9.59 Å². The van der Waals surface area contributed by atoms with Crippen LogP contribution in [0.2, 0.25) is 0 Å². The first-order chi connectivity index (χ1) is 9.58. The van der Waals surface area contributed by atoms with E-state index in [1.807, 2.05) is 6.07 Å². The Labute approximate surface area is 116 Å². The molecule has 102 valence electrons. The summed E-state index contributed by atoms with van der Waals surface area (Å²) in [6.07, 6.45) is 1.80. The van der Waals surface area contributed by atoms with Crippen LogP contribution >= 0.6 is 0 Å². The van der Waals surface area contributed by atoms with Crippen LogP contribution in [-0.4, -0.2) is 23.8 Å². The topological polar surface area (TPSA) is 76.5 Å². The van der Waals surface area contributed by atoms with Gasteiger partial charge in [-0.15, -0.1) is 0 Å². The number of hydrogen-bond donors (Lipinski definition) is 1. The van der Waals surface area contributed by atoms with Gasteiger partial charge in [-0.05, 0) is 29.3 Å². The SMILES string of the molecule is CN1C(=O)Cc2ccc(C(N)c3ccco3)cc2C1=O. The summed E-state index contributed by atoms with van der Waals surface area (Å²) < 4.78 is 5.28. The van der Waals surface area contributed by atoms with Gasteiger partial charge in [0.15, 0.2) is 0 Å². The van der Waals surface area contributed by atoms with Gasteiger partial charge in [-0.1, -0.05) is 12.1 Å². The van der Waals surface area contributed by atoms with E-state index in [0.717, 1.165) is 16.0 Å². The van der Waals surface area contributed by atoms with E-state index in [2.05, 4.69) is 0 Å². The second kappa shape index (κ2) is 4.61. The Bertz CT molecular complexity index is 676. The van der Waals surface area contributed by atoms with Crippen LogP contribution in [0.15, 0.2) is 41.0 Å². The van der Waals surface area contributed by atoms with Crippen molar-refractivity contribution in [1.29, 1.82) is 0 Å². The maximum atomic E-state index is 12.1. The Morgan fingerprint density at radius 3 is 2.80 bits per heavy atom. The minimum absolute atomic E-state index is 0.189. The largest absolute Gasteiger partial charge is 0.467 e. The highest BCUT2D eigenvalue weighted by Gasteiger charge is 2.28. The van der Waals surface area contributed by atoms with Crippen LogP contribution in [0, 0.1) is 0 Å². The maximum absolute atomic E-state index is 12.1. The van der Waals surface area contributed by atoms with Gasteiger partial charge in [0.25, 0.3) is 5.91 Å². The first kappa shape index (κ1) is 12.6. The molecular weight excluding hydrogens is 256 g/mol. The van der Waals surface area contributed by atoms with Gasteiger partial charge < -0.3 is 10.2 Å². The molecule has 5 nitrogen and oxygen atoms in total. The molecule has 1 unspecified atom stereocenters. The number of imide groups is 1. The third kappa shape index (κ3) is 1.92. The summed E-state index contributed by atoms with van der Waals surface area (Å²) in [5, 5.41) is 0. The average molecular weight is 270 g/mol. The molecule has 1 aromatic carbocycles. The van der Waals surface area contributed by atoms with Crippen molar-refractivity contribution in [2.45, 2.75) is 12.5 Å². The molecule has 0 saturated carbocycles. The Hall–Kier alpha value is -2.40. The summed E-state index contributed by atoms with van der Waals surface area (Å²) in [7, 11) is 1.49. The highest BCUT2D eigenvalue weighted by molar-refractivity contribution is 6.09. The summed E-state index contributed by atoms with van der Waals surface area (Å²) >= 11 is 0. The zero-order chi connectivity index (χ0) is 14.3. The van der Waals surface area contributed by atoms with Gasteiger partial charge in [-0.25, -0.2) is 0 Å². The molecular formula is C15H14N2O3. The Morgan fingerprint density at radius 2 is 2.10 bits per heavy atom. The number of furan rings is 1. The summed E-state index contributed by atoms with van der Waals surface area (Å²) in [5.41, 5.74) is 8.18. The second-order valence-electron chi connectivity index (χ2n) is 4.84. The standard InChI is InChI=1S/C15H14N2O3/c1-17-13(18)8-9-4-5-10(7-11(9)15(17)19)14(16)12-3-2-6-20-12/h2-7,14H,8,16H2,1H3. The predicted octanol–water partition coefficient (Wildman–Crippen LogP) is 1.48. The molecule has 0 spiro atoms. The van der Waals surface area contributed by atoms with Crippen LogP contribution in [-0.2, 0) is 11.2 Å². The van der Waals surface area contributed by atoms with Crippen molar-refractivity contribution < 1.29 is 14.0 Å². The van der Waals surface area contributed by atoms with Crippen molar-refractivity contribution in [3.63, 3.8) is 0 Å². The van der Waals surface area contributed by atoms with Crippen molar-refractivity contribution in [1.82, 2.24) is 4.90 Å². The van der Waals surface area contributed by atoms with Gasteiger partial charge in [0.1, 0.15) is 5.76 Å². The molecule has 2 heterocycles. The fourth-order valence-corrected chi connectivity index (χ4v) is 2.35. The Balaban J connectivity index is 2.01. The van der Waals surface area contributed by atoms with Gasteiger partial charge in [0.2, 0.25) is 5.91 Å². The Kier molecular flexibility index (Phi) is 2.91. The zero-order valence-corrected chi connectivity index (χ0v) is 11.0. The van der Waals surface area contributed by atoms with Crippen LogP contribution < -0.4 is 5.73 Å². The molecule has 0 aliphatic carbocycles. The van der Waals surface area contributed by atoms with E-state index in [4.69, 9.17) is 10.2 Å². The van der Waals surface area contributed by atoms with Crippen LogP contribution in [0.1, 0.15) is 33.3 Å². The lowest BCUT2D eigenvalue weighted by Gasteiger charge is -2.24.